The first-order chi connectivity index (χ1) is 73.5. The number of aromatic nitrogens is 24. The number of fused-ring (bicyclic) bond motifs is 8. The predicted molar refractivity (Wildman–Crippen MR) is 574 cm³/mol. The number of pyridine rings is 8. The fourth-order valence-corrected chi connectivity index (χ4v) is 19.1. The molecule has 25 aromatic rings. The number of likely N-dealkylation sites (tertiary alicyclic amines) is 1. The summed E-state index contributed by atoms with van der Waals surface area (Å²) in [6, 6.07) is 67.3. The van der Waals surface area contributed by atoms with Crippen molar-refractivity contribution in [1.29, 1.82) is 0 Å². The van der Waals surface area contributed by atoms with E-state index in [9.17, 15) is 27.2 Å². The van der Waals surface area contributed by atoms with Crippen molar-refractivity contribution in [3.8, 4) is 135 Å². The molecule has 2 fully saturated rings. The van der Waals surface area contributed by atoms with Crippen LogP contribution in [0.25, 0.3) is 223 Å². The maximum absolute atomic E-state index is 14.5. The third-order valence-corrected chi connectivity index (χ3v) is 26.8. The number of nitrogens with zero attached hydrogens (tertiary/aromatic N) is 17. The minimum atomic E-state index is -0.316. The monoisotopic (exact) mass is 1980 g/mol. The fourth-order valence-electron chi connectivity index (χ4n) is 19.1. The maximum atomic E-state index is 14.5. The van der Waals surface area contributed by atoms with Crippen molar-refractivity contribution in [2.24, 2.45) is 5.92 Å². The molecule has 732 valence electrons. The van der Waals surface area contributed by atoms with Crippen LogP contribution in [-0.2, 0) is 11.3 Å². The van der Waals surface area contributed by atoms with Crippen molar-refractivity contribution >= 4 is 117 Å². The molecule has 17 heterocycles. The zero-order chi connectivity index (χ0) is 101. The van der Waals surface area contributed by atoms with Gasteiger partial charge in [0.25, 0.3) is 5.91 Å². The standard InChI is InChI=1S/C31H20FN7O.C29H22FN7O.C29H24FN7.C27H22FN7/c32-22-9-6-18(7-10-22)25-16-34-17-27-28(25)37-30(36-27)29-24-13-20(8-11-26(24)38-39-29)21-12-23(15-33-14-21)35-31(40)19-4-2-1-3-5-19;30-20-7-4-16(5-8-20)23-14-32-15-25-26(23)35-28(34-25)27-22-11-18(6-9-24(22)36-37-27)19-10-21(13-31-12-19)33-29(38)17-2-1-3-17;30-22-6-3-19(4-7-22)24-15-32-16-26-27(24)34-29(33-26)28-23-12-20(5-8-25(23)35-36-28)21-11-18(13-31-14-21)17-37-9-1-2-10-37;1-15(2)31-18-9-17(11-29-12-18)16-7-8-23-20(10-16)26(35-34-23)27-32-24-14-30-13-21(25(24)33-27)19-5-3-4-6-22(19)28/h1-17H,(H,35,40)(H,36,37)(H,38,39);4-15,17H,1-3H2,(H,33,38)(H,34,35)(H,36,37);3-8,11-16H,1-2,9-10,17H2,(H,33,34)(H,35,36);3-15,31H,1-2H3,(H,32,33)(H,34,35). The second-order valence-electron chi connectivity index (χ2n) is 37.2. The fraction of sp³-hybridized carbons (Fsp3) is 0.103. The third kappa shape index (κ3) is 19.1. The van der Waals surface area contributed by atoms with Crippen LogP contribution in [0.3, 0.4) is 0 Å². The van der Waals surface area contributed by atoms with Crippen molar-refractivity contribution in [3.63, 3.8) is 0 Å². The number of anilines is 3. The van der Waals surface area contributed by atoms with Gasteiger partial charge in [0.2, 0.25) is 5.91 Å². The van der Waals surface area contributed by atoms with Gasteiger partial charge in [-0.05, 0) is 225 Å². The van der Waals surface area contributed by atoms with E-state index in [0.717, 1.165) is 205 Å². The molecule has 0 spiro atoms. The molecule has 2 amide bonds. The highest BCUT2D eigenvalue weighted by atomic mass is 19.1. The summed E-state index contributed by atoms with van der Waals surface area (Å²) >= 11 is 0. The van der Waals surface area contributed by atoms with Gasteiger partial charge in [0, 0.05) is 158 Å². The van der Waals surface area contributed by atoms with Crippen LogP contribution in [0.15, 0.2) is 324 Å². The molecule has 30 nitrogen and oxygen atoms in total. The Morgan fingerprint density at radius 3 is 1.07 bits per heavy atom. The van der Waals surface area contributed by atoms with E-state index >= 15 is 0 Å². The number of nitrogens with one attached hydrogen (secondary N) is 11. The lowest BCUT2D eigenvalue weighted by Gasteiger charge is -2.24. The highest BCUT2D eigenvalue weighted by Gasteiger charge is 2.28. The second kappa shape index (κ2) is 40.2. The number of benzene rings is 9. The highest BCUT2D eigenvalue weighted by Crippen LogP contribution is 2.42. The van der Waals surface area contributed by atoms with Gasteiger partial charge in [0.1, 0.15) is 51.6 Å². The molecule has 0 bridgehead atoms. The minimum absolute atomic E-state index is 0.0576. The van der Waals surface area contributed by atoms with Gasteiger partial charge in [-0.2, -0.15) is 20.4 Å². The van der Waals surface area contributed by atoms with Crippen molar-refractivity contribution in [2.45, 2.75) is 58.5 Å². The third-order valence-electron chi connectivity index (χ3n) is 26.8. The molecule has 9 aromatic carbocycles. The molecule has 0 radical (unpaired) electrons. The van der Waals surface area contributed by atoms with Crippen LogP contribution in [0.5, 0.6) is 0 Å². The lowest BCUT2D eigenvalue weighted by molar-refractivity contribution is -0.122. The molecule has 2 aliphatic rings. The summed E-state index contributed by atoms with van der Waals surface area (Å²) in [5, 5.41) is 43.5. The topological polar surface area (TPSA) is 406 Å². The molecule has 1 saturated carbocycles. The summed E-state index contributed by atoms with van der Waals surface area (Å²) in [5.41, 5.74) is 30.0. The highest BCUT2D eigenvalue weighted by molar-refractivity contribution is 6.07. The number of rotatable bonds is 20. The van der Waals surface area contributed by atoms with Crippen LogP contribution in [-0.4, -0.2) is 156 Å². The molecule has 1 aliphatic heterocycles. The number of carbonyl (C=O) groups is 2. The lowest BCUT2D eigenvalue weighted by Crippen LogP contribution is -2.28. The first kappa shape index (κ1) is 92.8. The molecule has 27 rings (SSSR count). The largest absolute Gasteiger partial charge is 0.382 e. The molecule has 0 atom stereocenters. The Labute approximate surface area is 850 Å². The minimum Gasteiger partial charge on any atom is -0.382 e. The summed E-state index contributed by atoms with van der Waals surface area (Å²) in [5.74, 6) is 1.18. The average molecular weight is 1980 g/mol. The van der Waals surface area contributed by atoms with Gasteiger partial charge < -0.3 is 35.9 Å². The van der Waals surface area contributed by atoms with Crippen LogP contribution in [0.1, 0.15) is 61.9 Å². The Morgan fingerprint density at radius 1 is 0.327 bits per heavy atom. The van der Waals surface area contributed by atoms with Crippen molar-refractivity contribution in [3.05, 3.63) is 358 Å². The zero-order valence-corrected chi connectivity index (χ0v) is 80.3. The molecule has 16 aromatic heterocycles. The van der Waals surface area contributed by atoms with Gasteiger partial charge in [-0.1, -0.05) is 103 Å². The Kier molecular flexibility index (Phi) is 24.8. The number of hydrogen-bond acceptors (Lipinski definition) is 20. The number of hydrogen-bond donors (Lipinski definition) is 11. The van der Waals surface area contributed by atoms with Crippen molar-refractivity contribution in [1.82, 2.24) is 125 Å². The first-order valence-electron chi connectivity index (χ1n) is 48.8. The van der Waals surface area contributed by atoms with Crippen LogP contribution >= 0.6 is 0 Å². The van der Waals surface area contributed by atoms with Crippen LogP contribution < -0.4 is 16.0 Å². The van der Waals surface area contributed by atoms with E-state index in [1.807, 2.05) is 110 Å². The number of amides is 2. The molecular weight excluding hydrogens is 1890 g/mol. The predicted octanol–water partition coefficient (Wildman–Crippen LogP) is 24.9. The van der Waals surface area contributed by atoms with Crippen LogP contribution in [0.4, 0.5) is 34.6 Å². The second-order valence-corrected chi connectivity index (χ2v) is 37.2. The molecule has 34 heteroatoms. The Hall–Kier alpha value is -19.6. The van der Waals surface area contributed by atoms with E-state index in [1.54, 1.807) is 141 Å². The summed E-state index contributed by atoms with van der Waals surface area (Å²) in [4.78, 5) is 95.2. The summed E-state index contributed by atoms with van der Waals surface area (Å²) < 4.78 is 54.9. The van der Waals surface area contributed by atoms with Crippen LogP contribution in [0.2, 0.25) is 0 Å². The van der Waals surface area contributed by atoms with Crippen molar-refractivity contribution < 1.29 is 27.2 Å². The Morgan fingerprint density at radius 2 is 0.673 bits per heavy atom. The van der Waals surface area contributed by atoms with Gasteiger partial charge in [0.05, 0.1) is 115 Å². The van der Waals surface area contributed by atoms with Crippen LogP contribution in [0, 0.1) is 29.2 Å². The first-order valence-corrected chi connectivity index (χ1v) is 48.8. The van der Waals surface area contributed by atoms with E-state index in [2.05, 4.69) is 166 Å². The van der Waals surface area contributed by atoms with E-state index < -0.39 is 0 Å². The average Bonchev–Trinajstić information content (AvgIpc) is 1.63. The van der Waals surface area contributed by atoms with Gasteiger partial charge in [0.15, 0.2) is 23.3 Å². The summed E-state index contributed by atoms with van der Waals surface area (Å²) in [7, 11) is 0. The molecule has 1 saturated heterocycles. The quantitative estimate of drug-likeness (QED) is 0.0316. The molecule has 11 N–H and O–H groups in total. The molecule has 0 unspecified atom stereocenters. The number of aromatic amines is 8. The van der Waals surface area contributed by atoms with E-state index in [-0.39, 0.29) is 41.0 Å². The lowest BCUT2D eigenvalue weighted by atomic mass is 9.85. The normalized spacial score (nSPS) is 12.6. The Bertz CT molecular complexity index is 9390. The zero-order valence-electron chi connectivity index (χ0n) is 80.3. The number of H-pyrrole nitrogens is 8. The number of carbonyl (C=O) groups excluding carboxylic acids is 2. The number of halogens is 4. The van der Waals surface area contributed by atoms with Gasteiger partial charge in [-0.15, -0.1) is 0 Å². The van der Waals surface area contributed by atoms with E-state index in [0.29, 0.717) is 85.5 Å². The van der Waals surface area contributed by atoms with E-state index in [1.165, 1.54) is 60.9 Å². The molecule has 150 heavy (non-hydrogen) atoms. The Balaban J connectivity index is 0.000000107. The molecular formula is C116H88F4N28O2. The van der Waals surface area contributed by atoms with Crippen molar-refractivity contribution in [2.75, 3.05) is 29.0 Å². The van der Waals surface area contributed by atoms with Gasteiger partial charge in [-0.3, -0.25) is 74.8 Å². The smallest absolute Gasteiger partial charge is 0.255 e. The van der Waals surface area contributed by atoms with Gasteiger partial charge in [-0.25, -0.2) is 37.5 Å². The number of imidazole rings is 4. The van der Waals surface area contributed by atoms with E-state index in [4.69, 9.17) is 19.9 Å². The molecule has 1 aliphatic carbocycles. The maximum Gasteiger partial charge on any atom is 0.255 e. The van der Waals surface area contributed by atoms with Gasteiger partial charge >= 0.3 is 0 Å². The summed E-state index contributed by atoms with van der Waals surface area (Å²) in [6.45, 7) is 7.44. The SMILES string of the molecule is CC(C)Nc1cncc(-c2ccc3[nH]nc(-c4nc5c(-c6ccccc6F)cncc5[nH]4)c3c2)c1.Fc1ccc(-c2cncc3[nH]c(-c4n[nH]c5ccc(-c6cncc(CN7CCCC7)c6)cc45)nc23)cc1.O=C(Nc1cncc(-c2ccc3[nH]nc(-c4nc5c(-c6ccc(F)cc6)cncc5[nH]4)c3c2)c1)C1CCC1.O=C(Nc1cncc(-c2ccc3[nH]nc(-c4nc5c(-c6ccc(F)cc6)cncc5[nH]4)c3c2)c1)c1ccccc1. The summed E-state index contributed by atoms with van der Waals surface area (Å²) in [6.07, 6.45) is 33.6.